The van der Waals surface area contributed by atoms with Gasteiger partial charge in [0.2, 0.25) is 0 Å². The second-order valence-corrected chi connectivity index (χ2v) is 14.4. The molecule has 2 heterocycles. The molecule has 0 unspecified atom stereocenters. The molecule has 0 aliphatic heterocycles. The van der Waals surface area contributed by atoms with Crippen LogP contribution >= 0.6 is 11.3 Å². The maximum Gasteiger partial charge on any atom is 0.0555 e. The van der Waals surface area contributed by atoms with E-state index in [1.807, 2.05) is 11.3 Å². The van der Waals surface area contributed by atoms with Crippen LogP contribution in [0.15, 0.2) is 158 Å². The summed E-state index contributed by atoms with van der Waals surface area (Å²) in [6.45, 7) is 4.70. The molecule has 3 heteroatoms. The maximum atomic E-state index is 2.43. The molecule has 0 spiro atoms. The van der Waals surface area contributed by atoms with Crippen LogP contribution in [0.1, 0.15) is 25.0 Å². The molecule has 228 valence electrons. The Balaban J connectivity index is 1.13. The molecule has 2 aromatic heterocycles. The number of nitrogens with zero attached hydrogens (tertiary/aromatic N) is 2. The Morgan fingerprint density at radius 3 is 2.02 bits per heavy atom. The largest absolute Gasteiger partial charge is 0.310 e. The number of hydrogen-bond acceptors (Lipinski definition) is 2. The first-order valence-corrected chi connectivity index (χ1v) is 17.4. The molecular formula is C45H32N2S. The molecule has 0 fully saturated rings. The zero-order chi connectivity index (χ0) is 32.0. The first kappa shape index (κ1) is 27.5. The van der Waals surface area contributed by atoms with Crippen molar-refractivity contribution in [1.82, 2.24) is 4.57 Å². The summed E-state index contributed by atoms with van der Waals surface area (Å²) in [7, 11) is 0. The van der Waals surface area contributed by atoms with E-state index in [1.165, 1.54) is 64.2 Å². The summed E-state index contributed by atoms with van der Waals surface area (Å²) in [6.07, 6.45) is 0. The van der Waals surface area contributed by atoms with E-state index >= 15 is 0 Å². The van der Waals surface area contributed by atoms with Crippen molar-refractivity contribution in [2.24, 2.45) is 0 Å². The average molecular weight is 633 g/mol. The van der Waals surface area contributed by atoms with Crippen molar-refractivity contribution in [2.75, 3.05) is 4.90 Å². The van der Waals surface area contributed by atoms with Crippen LogP contribution in [-0.2, 0) is 5.41 Å². The van der Waals surface area contributed by atoms with Gasteiger partial charge in [-0.1, -0.05) is 105 Å². The zero-order valence-corrected chi connectivity index (χ0v) is 27.6. The predicted octanol–water partition coefficient (Wildman–Crippen LogP) is 12.9. The molecule has 0 radical (unpaired) electrons. The highest BCUT2D eigenvalue weighted by Crippen LogP contribution is 2.51. The molecule has 48 heavy (non-hydrogen) atoms. The van der Waals surface area contributed by atoms with E-state index in [0.29, 0.717) is 0 Å². The number of hydrogen-bond donors (Lipinski definition) is 0. The first-order valence-electron chi connectivity index (χ1n) is 16.6. The van der Waals surface area contributed by atoms with Gasteiger partial charge in [0.15, 0.2) is 0 Å². The van der Waals surface area contributed by atoms with Crippen molar-refractivity contribution in [1.29, 1.82) is 0 Å². The summed E-state index contributed by atoms with van der Waals surface area (Å²) in [4.78, 5) is 2.38. The Kier molecular flexibility index (Phi) is 5.82. The van der Waals surface area contributed by atoms with E-state index in [-0.39, 0.29) is 5.41 Å². The smallest absolute Gasteiger partial charge is 0.0555 e. The number of benzene rings is 7. The van der Waals surface area contributed by atoms with Crippen molar-refractivity contribution in [2.45, 2.75) is 19.3 Å². The van der Waals surface area contributed by atoms with Gasteiger partial charge in [-0.3, -0.25) is 0 Å². The van der Waals surface area contributed by atoms with E-state index in [0.717, 1.165) is 22.7 Å². The lowest BCUT2D eigenvalue weighted by Gasteiger charge is -2.28. The van der Waals surface area contributed by atoms with E-state index in [2.05, 4.69) is 181 Å². The van der Waals surface area contributed by atoms with Gasteiger partial charge in [-0.2, -0.15) is 0 Å². The standard InChI is InChI=1S/C45H32N2S/c1-45(2)38-17-9-6-14-33(38)34-25-24-32(28-39(34)45)46(29-12-4-3-5-13-29)30-20-22-31(23-21-30)47-40-18-10-7-16-37(40)43-41(47)27-26-36-35-15-8-11-19-42(35)48-44(36)43/h3-28H,1-2H3. The lowest BCUT2D eigenvalue weighted by molar-refractivity contribution is 0.660. The fourth-order valence-corrected chi connectivity index (χ4v) is 9.38. The fraction of sp³-hybridized carbons (Fsp3) is 0.0667. The predicted molar refractivity (Wildman–Crippen MR) is 206 cm³/mol. The van der Waals surface area contributed by atoms with Crippen LogP contribution in [0.25, 0.3) is 58.8 Å². The summed E-state index contributed by atoms with van der Waals surface area (Å²) >= 11 is 1.90. The third-order valence-electron chi connectivity index (χ3n) is 10.4. The van der Waals surface area contributed by atoms with E-state index in [4.69, 9.17) is 0 Å². The monoisotopic (exact) mass is 632 g/mol. The highest BCUT2D eigenvalue weighted by Gasteiger charge is 2.35. The second kappa shape index (κ2) is 10.2. The Hall–Kier alpha value is -5.64. The number of thiophene rings is 1. The van der Waals surface area contributed by atoms with Gasteiger partial charge in [0, 0.05) is 59.1 Å². The Labute approximate surface area is 283 Å². The van der Waals surface area contributed by atoms with E-state index < -0.39 is 0 Å². The van der Waals surface area contributed by atoms with Gasteiger partial charge in [0.1, 0.15) is 0 Å². The molecule has 2 nitrogen and oxygen atoms in total. The highest BCUT2D eigenvalue weighted by molar-refractivity contribution is 7.26. The molecule has 0 amide bonds. The molecule has 1 aliphatic carbocycles. The summed E-state index contributed by atoms with van der Waals surface area (Å²) < 4.78 is 5.12. The van der Waals surface area contributed by atoms with Crippen molar-refractivity contribution in [3.05, 3.63) is 169 Å². The van der Waals surface area contributed by atoms with E-state index in [9.17, 15) is 0 Å². The van der Waals surface area contributed by atoms with Gasteiger partial charge in [-0.05, 0) is 89.0 Å². The van der Waals surface area contributed by atoms with Gasteiger partial charge in [0.25, 0.3) is 0 Å². The van der Waals surface area contributed by atoms with E-state index in [1.54, 1.807) is 0 Å². The lowest BCUT2D eigenvalue weighted by atomic mass is 9.82. The quantitative estimate of drug-likeness (QED) is 0.187. The molecule has 10 rings (SSSR count). The number of rotatable bonds is 4. The second-order valence-electron chi connectivity index (χ2n) is 13.4. The minimum absolute atomic E-state index is 0.0650. The molecule has 0 bridgehead atoms. The molecule has 1 aliphatic rings. The number of fused-ring (bicyclic) bond motifs is 10. The Morgan fingerprint density at radius 2 is 1.17 bits per heavy atom. The zero-order valence-electron chi connectivity index (χ0n) is 26.8. The number of anilines is 3. The van der Waals surface area contributed by atoms with Crippen LogP contribution in [0, 0.1) is 0 Å². The topological polar surface area (TPSA) is 8.17 Å². The highest BCUT2D eigenvalue weighted by atomic mass is 32.1. The van der Waals surface area contributed by atoms with Crippen LogP contribution in [0.2, 0.25) is 0 Å². The number of para-hydroxylation sites is 2. The third-order valence-corrected chi connectivity index (χ3v) is 11.6. The van der Waals surface area contributed by atoms with Gasteiger partial charge >= 0.3 is 0 Å². The molecule has 0 saturated carbocycles. The van der Waals surface area contributed by atoms with Crippen LogP contribution in [-0.4, -0.2) is 4.57 Å². The van der Waals surface area contributed by atoms with Crippen LogP contribution in [0.4, 0.5) is 17.1 Å². The molecule has 0 atom stereocenters. The van der Waals surface area contributed by atoms with Crippen molar-refractivity contribution >= 4 is 70.4 Å². The van der Waals surface area contributed by atoms with Crippen LogP contribution in [0.5, 0.6) is 0 Å². The average Bonchev–Trinajstić information content (AvgIpc) is 3.75. The van der Waals surface area contributed by atoms with Gasteiger partial charge < -0.3 is 9.47 Å². The lowest BCUT2D eigenvalue weighted by Crippen LogP contribution is -2.16. The van der Waals surface area contributed by atoms with Crippen LogP contribution < -0.4 is 4.90 Å². The molecule has 9 aromatic rings. The summed E-state index contributed by atoms with van der Waals surface area (Å²) in [5.41, 5.74) is 12.4. The van der Waals surface area contributed by atoms with Gasteiger partial charge in [-0.15, -0.1) is 11.3 Å². The molecule has 0 N–H and O–H groups in total. The third kappa shape index (κ3) is 3.85. The minimum Gasteiger partial charge on any atom is -0.310 e. The SMILES string of the molecule is CC1(C)c2ccccc2-c2ccc(N(c3ccccc3)c3ccc(-n4c5ccccc5c5c6sc7ccccc7c6ccc54)cc3)cc21. The Morgan fingerprint density at radius 1 is 0.500 bits per heavy atom. The summed E-state index contributed by atoms with van der Waals surface area (Å²) in [5, 5.41) is 5.29. The number of aromatic nitrogens is 1. The maximum absolute atomic E-state index is 2.43. The van der Waals surface area contributed by atoms with Crippen LogP contribution in [0.3, 0.4) is 0 Å². The summed E-state index contributed by atoms with van der Waals surface area (Å²) in [5.74, 6) is 0. The van der Waals surface area contributed by atoms with Crippen molar-refractivity contribution in [3.63, 3.8) is 0 Å². The molecule has 0 saturated heterocycles. The van der Waals surface area contributed by atoms with Crippen molar-refractivity contribution < 1.29 is 0 Å². The van der Waals surface area contributed by atoms with Crippen molar-refractivity contribution in [3.8, 4) is 16.8 Å². The molecule has 7 aromatic carbocycles. The normalized spacial score (nSPS) is 13.4. The minimum atomic E-state index is -0.0650. The fourth-order valence-electron chi connectivity index (χ4n) is 8.12. The molecular weight excluding hydrogens is 601 g/mol. The summed E-state index contributed by atoms with van der Waals surface area (Å²) in [6, 6.07) is 57.9. The Bertz CT molecular complexity index is 2690. The first-order chi connectivity index (χ1) is 23.6. The van der Waals surface area contributed by atoms with Gasteiger partial charge in [0.05, 0.1) is 11.0 Å². The van der Waals surface area contributed by atoms with Gasteiger partial charge in [-0.25, -0.2) is 0 Å².